The Morgan fingerprint density at radius 2 is 1.59 bits per heavy atom. The van der Waals surface area contributed by atoms with Crippen LogP contribution in [0.1, 0.15) is 5.56 Å². The minimum Gasteiger partial charge on any atom is -0.266 e. The number of thiazole rings is 1. The van der Waals surface area contributed by atoms with Crippen molar-refractivity contribution in [2.75, 3.05) is 0 Å². The monoisotopic (exact) mass is 481 g/mol. The molecular formula is C25H15N5O2S2. The summed E-state index contributed by atoms with van der Waals surface area (Å²) in [6, 6.07) is 22.8. The Balaban J connectivity index is 1.54. The highest BCUT2D eigenvalue weighted by atomic mass is 32.1. The molecule has 34 heavy (non-hydrogen) atoms. The number of hydrogen-bond donors (Lipinski definition) is 0. The number of benzene rings is 2. The standard InChI is InChI=1S/C25H15N5O2S2/c31-23-22(16-8-3-1-4-9-16)28-30-24(32)20(34-25(30)26-23)14-17-15-29(18-10-5-2-6-11-18)27-21(17)19-12-7-13-33-19/h1-15H/b20-14-. The summed E-state index contributed by atoms with van der Waals surface area (Å²) in [6.45, 7) is 0. The van der Waals surface area contributed by atoms with Gasteiger partial charge in [-0.25, -0.2) is 4.68 Å². The van der Waals surface area contributed by atoms with Gasteiger partial charge in [0.05, 0.1) is 15.1 Å². The Kier molecular flexibility index (Phi) is 4.97. The maximum atomic E-state index is 13.2. The third-order valence-electron chi connectivity index (χ3n) is 5.24. The van der Waals surface area contributed by atoms with E-state index in [1.807, 2.05) is 72.2 Å². The normalized spacial score (nSPS) is 11.9. The van der Waals surface area contributed by atoms with Crippen molar-refractivity contribution in [3.8, 4) is 27.5 Å². The molecule has 4 heterocycles. The number of nitrogens with zero attached hydrogens (tertiary/aromatic N) is 5. The number of fused-ring (bicyclic) bond motifs is 1. The number of thiophene rings is 1. The molecular weight excluding hydrogens is 466 g/mol. The third kappa shape index (κ3) is 3.57. The van der Waals surface area contributed by atoms with Gasteiger partial charge in [-0.1, -0.05) is 65.9 Å². The minimum absolute atomic E-state index is 0.149. The van der Waals surface area contributed by atoms with Crippen molar-refractivity contribution in [1.82, 2.24) is 24.4 Å². The Bertz CT molecular complexity index is 1790. The molecule has 0 saturated heterocycles. The van der Waals surface area contributed by atoms with Crippen LogP contribution in [-0.2, 0) is 0 Å². The highest BCUT2D eigenvalue weighted by Gasteiger charge is 2.15. The summed E-state index contributed by atoms with van der Waals surface area (Å²) in [5.74, 6) is 0. The smallest absolute Gasteiger partial charge is 0.266 e. The van der Waals surface area contributed by atoms with E-state index in [4.69, 9.17) is 5.10 Å². The summed E-state index contributed by atoms with van der Waals surface area (Å²) >= 11 is 2.71. The van der Waals surface area contributed by atoms with E-state index >= 15 is 0 Å². The van der Waals surface area contributed by atoms with E-state index in [9.17, 15) is 9.59 Å². The van der Waals surface area contributed by atoms with Crippen LogP contribution in [0.2, 0.25) is 0 Å². The van der Waals surface area contributed by atoms with Gasteiger partial charge in [0, 0.05) is 17.3 Å². The van der Waals surface area contributed by atoms with Crippen molar-refractivity contribution < 1.29 is 0 Å². The summed E-state index contributed by atoms with van der Waals surface area (Å²) < 4.78 is 3.42. The summed E-state index contributed by atoms with van der Waals surface area (Å²) in [5.41, 5.74) is 2.46. The lowest BCUT2D eigenvalue weighted by molar-refractivity contribution is 0.873. The summed E-state index contributed by atoms with van der Waals surface area (Å²) in [6.07, 6.45) is 3.69. The lowest BCUT2D eigenvalue weighted by Gasteiger charge is -1.99. The Labute approximate surface area is 200 Å². The van der Waals surface area contributed by atoms with Crippen LogP contribution in [0.4, 0.5) is 0 Å². The van der Waals surface area contributed by atoms with Crippen LogP contribution in [0.3, 0.4) is 0 Å². The van der Waals surface area contributed by atoms with Crippen LogP contribution >= 0.6 is 22.7 Å². The molecule has 0 spiro atoms. The van der Waals surface area contributed by atoms with Crippen LogP contribution in [0.25, 0.3) is 38.6 Å². The Morgan fingerprint density at radius 1 is 0.824 bits per heavy atom. The van der Waals surface area contributed by atoms with Crippen LogP contribution in [0.5, 0.6) is 0 Å². The fraction of sp³-hybridized carbons (Fsp3) is 0. The maximum absolute atomic E-state index is 13.2. The van der Waals surface area contributed by atoms with Crippen molar-refractivity contribution in [1.29, 1.82) is 0 Å². The molecule has 0 aliphatic carbocycles. The first-order valence-electron chi connectivity index (χ1n) is 10.4. The van der Waals surface area contributed by atoms with Crippen molar-refractivity contribution in [3.05, 3.63) is 115 Å². The van der Waals surface area contributed by atoms with Crippen molar-refractivity contribution in [2.45, 2.75) is 0 Å². The molecule has 0 bridgehead atoms. The summed E-state index contributed by atoms with van der Waals surface area (Å²) in [7, 11) is 0. The molecule has 0 radical (unpaired) electrons. The third-order valence-corrected chi connectivity index (χ3v) is 7.07. The predicted molar refractivity (Wildman–Crippen MR) is 135 cm³/mol. The molecule has 0 unspecified atom stereocenters. The van der Waals surface area contributed by atoms with Crippen molar-refractivity contribution in [2.24, 2.45) is 0 Å². The lowest BCUT2D eigenvalue weighted by atomic mass is 10.2. The molecule has 9 heteroatoms. The zero-order chi connectivity index (χ0) is 23.1. The SMILES string of the molecule is O=c1nc2s/c(=C\c3cn(-c4ccccc4)nc3-c3cccs3)c(=O)n2nc1-c1ccccc1. The fourth-order valence-corrected chi connectivity index (χ4v) is 5.26. The van der Waals surface area contributed by atoms with Gasteiger partial charge in [0.15, 0.2) is 5.69 Å². The Morgan fingerprint density at radius 3 is 2.32 bits per heavy atom. The molecule has 0 aliphatic rings. The maximum Gasteiger partial charge on any atom is 0.300 e. The molecule has 0 fully saturated rings. The van der Waals surface area contributed by atoms with Crippen molar-refractivity contribution >= 4 is 33.7 Å². The molecule has 7 nitrogen and oxygen atoms in total. The van der Waals surface area contributed by atoms with Gasteiger partial charge in [-0.15, -0.1) is 11.3 Å². The van der Waals surface area contributed by atoms with E-state index in [0.717, 1.165) is 33.2 Å². The zero-order valence-corrected chi connectivity index (χ0v) is 19.2. The van der Waals surface area contributed by atoms with Gasteiger partial charge in [0.1, 0.15) is 5.69 Å². The average molecular weight is 482 g/mol. The van der Waals surface area contributed by atoms with Crippen LogP contribution in [-0.4, -0.2) is 24.4 Å². The second kappa shape index (κ2) is 8.29. The summed E-state index contributed by atoms with van der Waals surface area (Å²) in [4.78, 5) is 31.2. The molecule has 164 valence electrons. The van der Waals surface area contributed by atoms with E-state index in [-0.39, 0.29) is 16.2 Å². The molecule has 0 saturated carbocycles. The predicted octanol–water partition coefficient (Wildman–Crippen LogP) is 3.64. The largest absolute Gasteiger partial charge is 0.300 e. The van der Waals surface area contributed by atoms with E-state index in [0.29, 0.717) is 10.1 Å². The van der Waals surface area contributed by atoms with Gasteiger partial charge in [-0.2, -0.15) is 19.7 Å². The van der Waals surface area contributed by atoms with Gasteiger partial charge >= 0.3 is 5.56 Å². The molecule has 0 amide bonds. The highest BCUT2D eigenvalue weighted by Crippen LogP contribution is 2.28. The molecule has 2 aromatic carbocycles. The first-order valence-corrected chi connectivity index (χ1v) is 12.1. The van der Waals surface area contributed by atoms with Crippen LogP contribution in [0.15, 0.2) is 94.0 Å². The first kappa shape index (κ1) is 20.4. The van der Waals surface area contributed by atoms with Gasteiger partial charge in [0.2, 0.25) is 4.96 Å². The highest BCUT2D eigenvalue weighted by molar-refractivity contribution is 7.15. The molecule has 4 aromatic heterocycles. The van der Waals surface area contributed by atoms with Gasteiger partial charge < -0.3 is 0 Å². The lowest BCUT2D eigenvalue weighted by Crippen LogP contribution is -2.26. The molecule has 0 atom stereocenters. The number of aromatic nitrogens is 5. The summed E-state index contributed by atoms with van der Waals surface area (Å²) in [5, 5.41) is 11.1. The van der Waals surface area contributed by atoms with E-state index in [2.05, 4.69) is 10.1 Å². The number of para-hydroxylation sites is 1. The van der Waals surface area contributed by atoms with E-state index in [1.165, 1.54) is 4.52 Å². The van der Waals surface area contributed by atoms with Crippen LogP contribution < -0.4 is 15.7 Å². The number of rotatable bonds is 4. The average Bonchev–Trinajstić information content (AvgIpc) is 3.60. The molecule has 0 N–H and O–H groups in total. The van der Waals surface area contributed by atoms with Crippen LogP contribution in [0, 0.1) is 0 Å². The van der Waals surface area contributed by atoms with Gasteiger partial charge in [-0.05, 0) is 29.7 Å². The minimum atomic E-state index is -0.463. The van der Waals surface area contributed by atoms with E-state index < -0.39 is 5.56 Å². The van der Waals surface area contributed by atoms with Gasteiger partial charge in [-0.3, -0.25) is 9.59 Å². The quantitative estimate of drug-likeness (QED) is 0.384. The fourth-order valence-electron chi connectivity index (χ4n) is 3.64. The second-order valence-electron chi connectivity index (χ2n) is 7.43. The number of hydrogen-bond acceptors (Lipinski definition) is 7. The zero-order valence-electron chi connectivity index (χ0n) is 17.5. The first-order chi connectivity index (χ1) is 16.7. The van der Waals surface area contributed by atoms with Crippen molar-refractivity contribution in [3.63, 3.8) is 0 Å². The molecule has 0 aliphatic heterocycles. The molecule has 6 rings (SSSR count). The van der Waals surface area contributed by atoms with Gasteiger partial charge in [0.25, 0.3) is 5.56 Å². The topological polar surface area (TPSA) is 82.1 Å². The second-order valence-corrected chi connectivity index (χ2v) is 9.39. The molecule has 6 aromatic rings. The van der Waals surface area contributed by atoms with E-state index in [1.54, 1.807) is 34.2 Å². The Hall–Kier alpha value is -4.21.